The molecule has 0 bridgehead atoms. The number of hydrogen-bond donors (Lipinski definition) is 1. The molecule has 6 nitrogen and oxygen atoms in total. The minimum Gasteiger partial charge on any atom is -0.370 e. The van der Waals surface area contributed by atoms with Crippen LogP contribution in [0.25, 0.3) is 22.2 Å². The summed E-state index contributed by atoms with van der Waals surface area (Å²) in [5.41, 5.74) is 11.7. The van der Waals surface area contributed by atoms with Crippen LogP contribution in [0.3, 0.4) is 0 Å². The van der Waals surface area contributed by atoms with Crippen LogP contribution >= 0.6 is 0 Å². The van der Waals surface area contributed by atoms with Crippen LogP contribution in [0, 0.1) is 6.92 Å². The van der Waals surface area contributed by atoms with Crippen molar-refractivity contribution in [3.63, 3.8) is 0 Å². The first-order chi connectivity index (χ1) is 15.1. The lowest BCUT2D eigenvalue weighted by atomic mass is 9.99. The summed E-state index contributed by atoms with van der Waals surface area (Å²) in [5, 5.41) is 9.19. The van der Waals surface area contributed by atoms with Gasteiger partial charge in [-0.15, -0.1) is 5.10 Å². The Morgan fingerprint density at radius 2 is 1.94 bits per heavy atom. The predicted octanol–water partition coefficient (Wildman–Crippen LogP) is 4.09. The fraction of sp³-hybridized carbons (Fsp3) is 0.200. The average molecular weight is 409 g/mol. The Labute approximate surface area is 180 Å². The van der Waals surface area contributed by atoms with E-state index >= 15 is 0 Å². The molecule has 0 aliphatic carbocycles. The molecule has 1 atom stereocenters. The molecule has 2 aromatic heterocycles. The van der Waals surface area contributed by atoms with Crippen LogP contribution in [-0.2, 0) is 0 Å². The zero-order chi connectivity index (χ0) is 21.4. The molecule has 31 heavy (non-hydrogen) atoms. The fourth-order valence-electron chi connectivity index (χ4n) is 4.47. The molecule has 0 saturated carbocycles. The second-order valence-corrected chi connectivity index (χ2v) is 8.01. The molecular formula is C25H23N5O. The Bertz CT molecular complexity index is 1270. The minimum absolute atomic E-state index is 0.362. The Hall–Kier alpha value is -3.80. The summed E-state index contributed by atoms with van der Waals surface area (Å²) in [6.45, 7) is 3.97. The van der Waals surface area contributed by atoms with Gasteiger partial charge in [0.15, 0.2) is 0 Å². The number of pyridine rings is 1. The van der Waals surface area contributed by atoms with E-state index in [1.165, 1.54) is 11.8 Å². The van der Waals surface area contributed by atoms with Gasteiger partial charge in [0.05, 0.1) is 17.3 Å². The largest absolute Gasteiger partial charge is 0.370 e. The van der Waals surface area contributed by atoms with Crippen LogP contribution in [0.5, 0.6) is 0 Å². The summed E-state index contributed by atoms with van der Waals surface area (Å²) < 4.78 is 0. The number of fused-ring (bicyclic) bond motifs is 1. The molecule has 0 spiro atoms. The number of carbonyl (C=O) groups is 1. The van der Waals surface area contributed by atoms with Gasteiger partial charge >= 0.3 is 0 Å². The SMILES string of the molecule is Cc1cc(N2CCC(c3ccccc3)C2)c2cc(-c3nnccc3C(N)=O)ccc2n1. The van der Waals surface area contributed by atoms with Crippen molar-refractivity contribution in [3.05, 3.63) is 83.7 Å². The molecule has 4 aromatic rings. The summed E-state index contributed by atoms with van der Waals surface area (Å²) in [5.74, 6) is -0.00754. The number of anilines is 1. The van der Waals surface area contributed by atoms with Crippen molar-refractivity contribution in [2.45, 2.75) is 19.3 Å². The van der Waals surface area contributed by atoms with E-state index in [4.69, 9.17) is 10.7 Å². The van der Waals surface area contributed by atoms with Crippen LogP contribution in [0.15, 0.2) is 66.9 Å². The first-order valence-electron chi connectivity index (χ1n) is 10.4. The Morgan fingerprint density at radius 1 is 1.10 bits per heavy atom. The molecule has 1 unspecified atom stereocenters. The number of carbonyl (C=O) groups excluding carboxylic acids is 1. The van der Waals surface area contributed by atoms with Crippen molar-refractivity contribution in [2.75, 3.05) is 18.0 Å². The molecule has 3 heterocycles. The zero-order valence-electron chi connectivity index (χ0n) is 17.3. The summed E-state index contributed by atoms with van der Waals surface area (Å²) >= 11 is 0. The van der Waals surface area contributed by atoms with E-state index in [2.05, 4.69) is 51.5 Å². The minimum atomic E-state index is -0.516. The van der Waals surface area contributed by atoms with Gasteiger partial charge in [-0.3, -0.25) is 9.78 Å². The van der Waals surface area contributed by atoms with Crippen molar-refractivity contribution in [1.29, 1.82) is 0 Å². The lowest BCUT2D eigenvalue weighted by Crippen LogP contribution is -2.20. The first-order valence-corrected chi connectivity index (χ1v) is 10.4. The van der Waals surface area contributed by atoms with Gasteiger partial charge in [0.25, 0.3) is 5.91 Å². The third-order valence-electron chi connectivity index (χ3n) is 5.97. The third-order valence-corrected chi connectivity index (χ3v) is 5.97. The number of aromatic nitrogens is 3. The maximum Gasteiger partial charge on any atom is 0.251 e. The van der Waals surface area contributed by atoms with E-state index in [-0.39, 0.29) is 0 Å². The molecule has 5 rings (SSSR count). The monoisotopic (exact) mass is 409 g/mol. The highest BCUT2D eigenvalue weighted by atomic mass is 16.1. The number of hydrogen-bond acceptors (Lipinski definition) is 5. The van der Waals surface area contributed by atoms with Crippen LogP contribution in [0.2, 0.25) is 0 Å². The topological polar surface area (TPSA) is 85.0 Å². The highest BCUT2D eigenvalue weighted by Gasteiger charge is 2.25. The predicted molar refractivity (Wildman–Crippen MR) is 122 cm³/mol. The normalized spacial score (nSPS) is 16.0. The summed E-state index contributed by atoms with van der Waals surface area (Å²) in [6, 6.07) is 20.4. The van der Waals surface area contributed by atoms with Gasteiger partial charge in [-0.05, 0) is 43.2 Å². The number of nitrogens with two attached hydrogens (primary N) is 1. The molecule has 1 aliphatic rings. The summed E-state index contributed by atoms with van der Waals surface area (Å²) in [4.78, 5) is 19.0. The molecule has 0 radical (unpaired) electrons. The van der Waals surface area contributed by atoms with E-state index in [0.717, 1.165) is 47.4 Å². The van der Waals surface area contributed by atoms with E-state index < -0.39 is 5.91 Å². The van der Waals surface area contributed by atoms with Crippen LogP contribution in [0.1, 0.15) is 34.0 Å². The number of rotatable bonds is 4. The Morgan fingerprint density at radius 3 is 2.74 bits per heavy atom. The Balaban J connectivity index is 1.58. The maximum absolute atomic E-state index is 11.9. The zero-order valence-corrected chi connectivity index (χ0v) is 17.3. The smallest absolute Gasteiger partial charge is 0.251 e. The molecule has 1 fully saturated rings. The fourth-order valence-corrected chi connectivity index (χ4v) is 4.47. The molecule has 1 saturated heterocycles. The third kappa shape index (κ3) is 3.61. The molecule has 1 amide bonds. The van der Waals surface area contributed by atoms with Gasteiger partial charge in [-0.2, -0.15) is 5.10 Å². The van der Waals surface area contributed by atoms with Crippen molar-refractivity contribution < 1.29 is 4.79 Å². The van der Waals surface area contributed by atoms with E-state index in [1.807, 2.05) is 25.1 Å². The maximum atomic E-state index is 11.9. The summed E-state index contributed by atoms with van der Waals surface area (Å²) in [7, 11) is 0. The molecule has 6 heteroatoms. The van der Waals surface area contributed by atoms with Gasteiger partial charge in [0.1, 0.15) is 5.69 Å². The molecule has 2 N–H and O–H groups in total. The molecule has 2 aromatic carbocycles. The first kappa shape index (κ1) is 19.2. The second-order valence-electron chi connectivity index (χ2n) is 8.01. The van der Waals surface area contributed by atoms with Crippen LogP contribution in [-0.4, -0.2) is 34.2 Å². The van der Waals surface area contributed by atoms with Gasteiger partial charge < -0.3 is 10.6 Å². The van der Waals surface area contributed by atoms with Crippen molar-refractivity contribution in [3.8, 4) is 11.3 Å². The van der Waals surface area contributed by atoms with Gasteiger partial charge in [-0.1, -0.05) is 36.4 Å². The average Bonchev–Trinajstić information content (AvgIpc) is 3.29. The number of aryl methyl sites for hydroxylation is 1. The van der Waals surface area contributed by atoms with Crippen molar-refractivity contribution in [1.82, 2.24) is 15.2 Å². The molecule has 154 valence electrons. The van der Waals surface area contributed by atoms with Crippen molar-refractivity contribution >= 4 is 22.5 Å². The van der Waals surface area contributed by atoms with Gasteiger partial charge in [0.2, 0.25) is 0 Å². The number of benzene rings is 2. The van der Waals surface area contributed by atoms with E-state index in [1.54, 1.807) is 6.07 Å². The molecule has 1 aliphatic heterocycles. The Kier molecular flexibility index (Phi) is 4.82. The second kappa shape index (κ2) is 7.80. The highest BCUT2D eigenvalue weighted by Crippen LogP contribution is 2.36. The quantitative estimate of drug-likeness (QED) is 0.549. The highest BCUT2D eigenvalue weighted by molar-refractivity contribution is 6.01. The van der Waals surface area contributed by atoms with E-state index in [9.17, 15) is 4.79 Å². The number of amides is 1. The van der Waals surface area contributed by atoms with Crippen LogP contribution in [0.4, 0.5) is 5.69 Å². The lowest BCUT2D eigenvalue weighted by Gasteiger charge is -2.22. The number of nitrogens with zero attached hydrogens (tertiary/aromatic N) is 4. The summed E-state index contributed by atoms with van der Waals surface area (Å²) in [6.07, 6.45) is 2.59. The van der Waals surface area contributed by atoms with E-state index in [0.29, 0.717) is 17.2 Å². The standard InChI is InChI=1S/C25H23N5O/c1-16-13-23(30-12-10-19(15-30)17-5-3-2-4-6-17)21-14-18(7-8-22(21)28-16)24-20(25(26)31)9-11-27-29-24/h2-9,11,13-14,19H,10,12,15H2,1H3,(H2,26,31). The van der Waals surface area contributed by atoms with Gasteiger partial charge in [0, 0.05) is 41.3 Å². The molecular weight excluding hydrogens is 386 g/mol. The van der Waals surface area contributed by atoms with Gasteiger partial charge in [-0.25, -0.2) is 0 Å². The lowest BCUT2D eigenvalue weighted by molar-refractivity contribution is 0.100. The van der Waals surface area contributed by atoms with Crippen LogP contribution < -0.4 is 10.6 Å². The van der Waals surface area contributed by atoms with Crippen molar-refractivity contribution in [2.24, 2.45) is 5.73 Å². The number of primary amides is 1.